The molecule has 33 heavy (non-hydrogen) atoms. The summed E-state index contributed by atoms with van der Waals surface area (Å²) in [6, 6.07) is 9.25. The maximum atomic E-state index is 12.5. The van der Waals surface area contributed by atoms with Gasteiger partial charge in [-0.05, 0) is 31.1 Å². The van der Waals surface area contributed by atoms with Gasteiger partial charge in [-0.2, -0.15) is 0 Å². The van der Waals surface area contributed by atoms with Crippen molar-refractivity contribution >= 4 is 5.97 Å². The highest BCUT2D eigenvalue weighted by molar-refractivity contribution is 5.86. The maximum Gasteiger partial charge on any atom is 0.373 e. The van der Waals surface area contributed by atoms with Gasteiger partial charge in [-0.3, -0.25) is 0 Å². The second kappa shape index (κ2) is 21.9. The van der Waals surface area contributed by atoms with E-state index in [1.54, 1.807) is 0 Å². The molecule has 0 spiro atoms. The lowest BCUT2D eigenvalue weighted by atomic mass is 10.1. The van der Waals surface area contributed by atoms with E-state index in [9.17, 15) is 4.79 Å². The Bertz CT molecular complexity index is 604. The molecule has 0 aromatic heterocycles. The van der Waals surface area contributed by atoms with Crippen LogP contribution < -0.4 is 4.74 Å². The van der Waals surface area contributed by atoms with E-state index in [-0.39, 0.29) is 25.6 Å². The molecule has 0 aliphatic rings. The second-order valence-electron chi connectivity index (χ2n) is 7.59. The molecule has 0 radical (unpaired) electrons. The highest BCUT2D eigenvalue weighted by atomic mass is 16.6. The number of carbonyl (C=O) groups is 1. The van der Waals surface area contributed by atoms with Gasteiger partial charge < -0.3 is 28.8 Å². The summed E-state index contributed by atoms with van der Waals surface area (Å²) < 4.78 is 27.0. The van der Waals surface area contributed by atoms with Crippen LogP contribution in [0.15, 0.2) is 42.2 Å². The second-order valence-corrected chi connectivity index (χ2v) is 7.59. The van der Waals surface area contributed by atoms with E-state index in [2.05, 4.69) is 6.92 Å². The van der Waals surface area contributed by atoms with E-state index >= 15 is 0 Å². The van der Waals surface area contributed by atoms with E-state index in [1.165, 1.54) is 32.1 Å². The number of esters is 1. The molecule has 1 N–H and O–H groups in total. The van der Waals surface area contributed by atoms with Crippen LogP contribution >= 0.6 is 0 Å². The van der Waals surface area contributed by atoms with Crippen molar-refractivity contribution in [1.29, 1.82) is 0 Å². The van der Waals surface area contributed by atoms with Crippen LogP contribution in [0.25, 0.3) is 0 Å². The number of aliphatic hydroxyl groups is 1. The number of carbonyl (C=O) groups excluding carboxylic acids is 1. The maximum absolute atomic E-state index is 12.5. The monoisotopic (exact) mass is 466 g/mol. The zero-order valence-electron chi connectivity index (χ0n) is 20.2. The van der Waals surface area contributed by atoms with Crippen molar-refractivity contribution in [2.75, 3.05) is 52.9 Å². The summed E-state index contributed by atoms with van der Waals surface area (Å²) >= 11 is 0. The van der Waals surface area contributed by atoms with Gasteiger partial charge in [0, 0.05) is 0 Å². The molecule has 188 valence electrons. The Morgan fingerprint density at radius 1 is 0.788 bits per heavy atom. The summed E-state index contributed by atoms with van der Waals surface area (Å²) in [5.74, 6) is 0.345. The smallest absolute Gasteiger partial charge is 0.373 e. The molecule has 0 aliphatic heterocycles. The van der Waals surface area contributed by atoms with Crippen molar-refractivity contribution in [3.8, 4) is 5.75 Å². The molecular formula is C26H42O7. The Morgan fingerprint density at radius 3 is 2.00 bits per heavy atom. The zero-order valence-corrected chi connectivity index (χ0v) is 20.2. The summed E-state index contributed by atoms with van der Waals surface area (Å²) in [5.41, 5.74) is 0. The van der Waals surface area contributed by atoms with Crippen LogP contribution in [0.3, 0.4) is 0 Å². The third kappa shape index (κ3) is 17.2. The molecule has 1 aromatic carbocycles. The van der Waals surface area contributed by atoms with Gasteiger partial charge in [0.05, 0.1) is 46.2 Å². The number of unbranched alkanes of at least 4 members (excludes halogenated alkanes) is 7. The first-order chi connectivity index (χ1) is 16.3. The minimum atomic E-state index is -0.484. The van der Waals surface area contributed by atoms with Crippen LogP contribution in [0, 0.1) is 0 Å². The molecule has 7 nitrogen and oxygen atoms in total. The Labute approximate surface area is 199 Å². The van der Waals surface area contributed by atoms with E-state index in [0.717, 1.165) is 19.3 Å². The number of para-hydroxylation sites is 1. The van der Waals surface area contributed by atoms with E-state index < -0.39 is 5.97 Å². The van der Waals surface area contributed by atoms with Crippen molar-refractivity contribution in [2.24, 2.45) is 0 Å². The van der Waals surface area contributed by atoms with Gasteiger partial charge in [0.2, 0.25) is 5.76 Å². The fraction of sp³-hybridized carbons (Fsp3) is 0.654. The van der Waals surface area contributed by atoms with Crippen LogP contribution in [0.4, 0.5) is 0 Å². The van der Waals surface area contributed by atoms with Gasteiger partial charge in [-0.25, -0.2) is 4.79 Å². The average Bonchev–Trinajstić information content (AvgIpc) is 2.84. The first-order valence-electron chi connectivity index (χ1n) is 12.2. The van der Waals surface area contributed by atoms with Gasteiger partial charge in [-0.15, -0.1) is 0 Å². The number of ether oxygens (including phenoxy) is 5. The van der Waals surface area contributed by atoms with Gasteiger partial charge in [-0.1, -0.05) is 63.6 Å². The van der Waals surface area contributed by atoms with E-state index in [4.69, 9.17) is 28.8 Å². The molecule has 0 bridgehead atoms. The highest BCUT2D eigenvalue weighted by Crippen LogP contribution is 2.16. The molecule has 0 saturated heterocycles. The summed E-state index contributed by atoms with van der Waals surface area (Å²) in [6.07, 6.45) is 11.1. The van der Waals surface area contributed by atoms with Gasteiger partial charge in [0.15, 0.2) is 0 Å². The summed E-state index contributed by atoms with van der Waals surface area (Å²) in [6.45, 7) is 4.69. The molecule has 1 rings (SSSR count). The van der Waals surface area contributed by atoms with Gasteiger partial charge in [0.1, 0.15) is 12.4 Å². The molecule has 0 saturated carbocycles. The van der Waals surface area contributed by atoms with Crippen LogP contribution in [-0.2, 0) is 23.7 Å². The Balaban J connectivity index is 2.26. The summed E-state index contributed by atoms with van der Waals surface area (Å²) in [4.78, 5) is 12.5. The summed E-state index contributed by atoms with van der Waals surface area (Å²) in [5, 5.41) is 8.60. The van der Waals surface area contributed by atoms with Crippen molar-refractivity contribution in [3.05, 3.63) is 42.2 Å². The minimum Gasteiger partial charge on any atom is -0.457 e. The fourth-order valence-electron chi connectivity index (χ4n) is 2.99. The largest absolute Gasteiger partial charge is 0.457 e. The Morgan fingerprint density at radius 2 is 1.36 bits per heavy atom. The number of aliphatic hydroxyl groups excluding tert-OH is 1. The van der Waals surface area contributed by atoms with Crippen molar-refractivity contribution in [2.45, 2.75) is 58.3 Å². The molecule has 7 heteroatoms. The SMILES string of the molecule is CCCCCCCCCC=C(Oc1ccccc1)C(=O)OCCOCCOCCOCCO. The molecule has 0 unspecified atom stereocenters. The molecule has 0 aliphatic carbocycles. The normalized spacial score (nSPS) is 11.5. The predicted octanol–water partition coefficient (Wildman–Crippen LogP) is 4.68. The predicted molar refractivity (Wildman–Crippen MR) is 128 cm³/mol. The number of rotatable bonds is 22. The lowest BCUT2D eigenvalue weighted by Crippen LogP contribution is -2.17. The van der Waals surface area contributed by atoms with Crippen LogP contribution in [0.5, 0.6) is 5.75 Å². The Kier molecular flexibility index (Phi) is 19.3. The number of benzene rings is 1. The van der Waals surface area contributed by atoms with Crippen LogP contribution in [0.2, 0.25) is 0 Å². The topological polar surface area (TPSA) is 83.5 Å². The molecular weight excluding hydrogens is 424 g/mol. The summed E-state index contributed by atoms with van der Waals surface area (Å²) in [7, 11) is 0. The number of hydrogen-bond donors (Lipinski definition) is 1. The lowest BCUT2D eigenvalue weighted by Gasteiger charge is -2.11. The highest BCUT2D eigenvalue weighted by Gasteiger charge is 2.13. The van der Waals surface area contributed by atoms with Crippen molar-refractivity contribution < 1.29 is 33.6 Å². The number of hydrogen-bond acceptors (Lipinski definition) is 7. The van der Waals surface area contributed by atoms with E-state index in [1.807, 2.05) is 36.4 Å². The first kappa shape index (κ1) is 29.1. The van der Waals surface area contributed by atoms with Gasteiger partial charge in [0.25, 0.3) is 0 Å². The average molecular weight is 467 g/mol. The Hall–Kier alpha value is -1.93. The molecule has 1 aromatic rings. The van der Waals surface area contributed by atoms with Crippen LogP contribution in [0.1, 0.15) is 58.3 Å². The zero-order chi connectivity index (χ0) is 23.8. The molecule has 0 fully saturated rings. The molecule has 0 heterocycles. The molecule has 0 atom stereocenters. The number of allylic oxidation sites excluding steroid dienone is 1. The molecule has 0 amide bonds. The quantitative estimate of drug-likeness (QED) is 0.115. The van der Waals surface area contributed by atoms with Gasteiger partial charge >= 0.3 is 5.97 Å². The minimum absolute atomic E-state index is 0.00818. The third-order valence-corrected chi connectivity index (χ3v) is 4.75. The van der Waals surface area contributed by atoms with Crippen molar-refractivity contribution in [1.82, 2.24) is 0 Å². The van der Waals surface area contributed by atoms with Crippen LogP contribution in [-0.4, -0.2) is 63.9 Å². The van der Waals surface area contributed by atoms with Crippen molar-refractivity contribution in [3.63, 3.8) is 0 Å². The lowest BCUT2D eigenvalue weighted by molar-refractivity contribution is -0.143. The fourth-order valence-corrected chi connectivity index (χ4v) is 2.99. The first-order valence-corrected chi connectivity index (χ1v) is 12.2. The third-order valence-electron chi connectivity index (χ3n) is 4.75. The van der Waals surface area contributed by atoms with E-state index in [0.29, 0.717) is 38.8 Å². The standard InChI is InChI=1S/C26H42O7/c1-2-3-4-5-6-7-8-12-15-25(33-24-13-10-9-11-14-24)26(28)32-23-22-31-21-20-30-19-18-29-17-16-27/h9-11,13-15,27H,2-8,12,16-23H2,1H3.